The summed E-state index contributed by atoms with van der Waals surface area (Å²) in [4.78, 5) is 12.4. The molecule has 0 saturated carbocycles. The van der Waals surface area contributed by atoms with Gasteiger partial charge in [-0.1, -0.05) is 46.7 Å². The standard InChI is InChI=1S/C20H20N2O2S/c1-12-5-6-15(4)17(10-12)18(23)11-25-20-22-21-19(24-20)16-8-13(2)7-14(3)9-16/h5-10H,11H2,1-4H3. The predicted molar refractivity (Wildman–Crippen MR) is 100 cm³/mol. The van der Waals surface area contributed by atoms with Gasteiger partial charge in [-0.25, -0.2) is 0 Å². The fourth-order valence-electron chi connectivity index (χ4n) is 2.72. The number of thioether (sulfide) groups is 1. The monoisotopic (exact) mass is 352 g/mol. The molecule has 4 nitrogen and oxygen atoms in total. The third kappa shape index (κ3) is 4.17. The molecule has 3 rings (SSSR count). The van der Waals surface area contributed by atoms with Gasteiger partial charge in [-0.05, 0) is 51.5 Å². The van der Waals surface area contributed by atoms with Gasteiger partial charge in [0.25, 0.3) is 5.22 Å². The maximum atomic E-state index is 12.4. The zero-order valence-corrected chi connectivity index (χ0v) is 15.6. The number of Topliss-reactive ketones (excluding diaryl/α,β-unsaturated/α-hetero) is 1. The number of nitrogens with zero attached hydrogens (tertiary/aromatic N) is 2. The summed E-state index contributed by atoms with van der Waals surface area (Å²) in [6, 6.07) is 12.0. The van der Waals surface area contributed by atoms with Crippen molar-refractivity contribution in [2.45, 2.75) is 32.9 Å². The highest BCUT2D eigenvalue weighted by molar-refractivity contribution is 7.99. The molecule has 0 N–H and O–H groups in total. The molecule has 0 aliphatic rings. The average molecular weight is 352 g/mol. The Morgan fingerprint density at radius 2 is 1.68 bits per heavy atom. The molecule has 5 heteroatoms. The van der Waals surface area contributed by atoms with Crippen LogP contribution in [0.4, 0.5) is 0 Å². The van der Waals surface area contributed by atoms with Gasteiger partial charge in [0.2, 0.25) is 5.89 Å². The topological polar surface area (TPSA) is 56.0 Å². The van der Waals surface area contributed by atoms with Gasteiger partial charge in [-0.3, -0.25) is 4.79 Å². The fraction of sp³-hybridized carbons (Fsp3) is 0.250. The molecule has 0 radical (unpaired) electrons. The zero-order valence-electron chi connectivity index (χ0n) is 14.8. The van der Waals surface area contributed by atoms with Crippen LogP contribution in [-0.2, 0) is 0 Å². The molecule has 2 aromatic carbocycles. The largest absolute Gasteiger partial charge is 0.411 e. The molecule has 0 fully saturated rings. The summed E-state index contributed by atoms with van der Waals surface area (Å²) in [7, 11) is 0. The van der Waals surface area contributed by atoms with Crippen molar-refractivity contribution in [1.29, 1.82) is 0 Å². The molecule has 0 saturated heterocycles. The first-order valence-corrected chi connectivity index (χ1v) is 9.06. The smallest absolute Gasteiger partial charge is 0.277 e. The predicted octanol–water partition coefficient (Wildman–Crippen LogP) is 4.95. The van der Waals surface area contributed by atoms with Gasteiger partial charge in [0.1, 0.15) is 0 Å². The molecule has 25 heavy (non-hydrogen) atoms. The lowest BCUT2D eigenvalue weighted by atomic mass is 10.0. The number of aryl methyl sites for hydroxylation is 4. The van der Waals surface area contributed by atoms with Crippen LogP contribution >= 0.6 is 11.8 Å². The van der Waals surface area contributed by atoms with Crippen LogP contribution in [0.15, 0.2) is 46.0 Å². The molecular weight excluding hydrogens is 332 g/mol. The first-order valence-electron chi connectivity index (χ1n) is 8.08. The quantitative estimate of drug-likeness (QED) is 0.480. The molecule has 0 unspecified atom stereocenters. The summed E-state index contributed by atoms with van der Waals surface area (Å²) in [5.74, 6) is 0.824. The minimum Gasteiger partial charge on any atom is -0.411 e. The minimum atomic E-state index is 0.0670. The Hall–Kier alpha value is -2.40. The molecule has 0 aliphatic heterocycles. The van der Waals surface area contributed by atoms with E-state index in [1.807, 2.05) is 58.0 Å². The average Bonchev–Trinajstić information content (AvgIpc) is 3.03. The number of hydrogen-bond donors (Lipinski definition) is 0. The van der Waals surface area contributed by atoms with Crippen molar-refractivity contribution in [3.05, 3.63) is 64.2 Å². The third-order valence-corrected chi connectivity index (χ3v) is 4.71. The molecule has 3 aromatic rings. The number of carbonyl (C=O) groups is 1. The lowest BCUT2D eigenvalue weighted by Gasteiger charge is -2.05. The van der Waals surface area contributed by atoms with E-state index in [0.29, 0.717) is 11.1 Å². The van der Waals surface area contributed by atoms with E-state index in [0.717, 1.165) is 33.4 Å². The molecule has 0 amide bonds. The summed E-state index contributed by atoms with van der Waals surface area (Å²) in [5, 5.41) is 8.56. The van der Waals surface area contributed by atoms with Gasteiger partial charge in [-0.15, -0.1) is 10.2 Å². The lowest BCUT2D eigenvalue weighted by Crippen LogP contribution is -2.05. The number of carbonyl (C=O) groups excluding carboxylic acids is 1. The maximum absolute atomic E-state index is 12.4. The highest BCUT2D eigenvalue weighted by Gasteiger charge is 2.14. The minimum absolute atomic E-state index is 0.0670. The van der Waals surface area contributed by atoms with E-state index in [1.54, 1.807) is 0 Å². The van der Waals surface area contributed by atoms with Gasteiger partial charge in [0.05, 0.1) is 5.75 Å². The Kier molecular flexibility index (Phi) is 5.04. The number of aromatic nitrogens is 2. The van der Waals surface area contributed by atoms with Crippen LogP contribution in [-0.4, -0.2) is 21.7 Å². The van der Waals surface area contributed by atoms with Gasteiger partial charge in [0.15, 0.2) is 5.78 Å². The van der Waals surface area contributed by atoms with Gasteiger partial charge in [-0.2, -0.15) is 0 Å². The van der Waals surface area contributed by atoms with Crippen LogP contribution in [0.2, 0.25) is 0 Å². The second-order valence-electron chi connectivity index (χ2n) is 6.28. The molecular formula is C20H20N2O2S. The van der Waals surface area contributed by atoms with Crippen molar-refractivity contribution in [1.82, 2.24) is 10.2 Å². The summed E-state index contributed by atoms with van der Waals surface area (Å²) < 4.78 is 5.71. The number of benzene rings is 2. The van der Waals surface area contributed by atoms with E-state index in [9.17, 15) is 4.79 Å². The third-order valence-electron chi connectivity index (χ3n) is 3.90. The number of rotatable bonds is 5. The molecule has 0 spiro atoms. The van der Waals surface area contributed by atoms with Crippen molar-refractivity contribution >= 4 is 17.5 Å². The summed E-state index contributed by atoms with van der Waals surface area (Å²) in [6.45, 7) is 8.00. The second kappa shape index (κ2) is 7.23. The molecule has 128 valence electrons. The van der Waals surface area contributed by atoms with E-state index in [1.165, 1.54) is 11.8 Å². The van der Waals surface area contributed by atoms with Crippen LogP contribution in [0, 0.1) is 27.7 Å². The van der Waals surface area contributed by atoms with Gasteiger partial charge in [0, 0.05) is 11.1 Å². The number of hydrogen-bond acceptors (Lipinski definition) is 5. The van der Waals surface area contributed by atoms with Crippen LogP contribution in [0.3, 0.4) is 0 Å². The van der Waals surface area contributed by atoms with Crippen LogP contribution in [0.25, 0.3) is 11.5 Å². The molecule has 0 aliphatic carbocycles. The van der Waals surface area contributed by atoms with Crippen molar-refractivity contribution in [3.8, 4) is 11.5 Å². The van der Waals surface area contributed by atoms with Crippen molar-refractivity contribution in [2.24, 2.45) is 0 Å². The SMILES string of the molecule is Cc1cc(C)cc(-c2nnc(SCC(=O)c3cc(C)ccc3C)o2)c1. The van der Waals surface area contributed by atoms with Crippen LogP contribution < -0.4 is 0 Å². The van der Waals surface area contributed by atoms with Crippen LogP contribution in [0.5, 0.6) is 0 Å². The first-order chi connectivity index (χ1) is 11.9. The van der Waals surface area contributed by atoms with Crippen molar-refractivity contribution < 1.29 is 9.21 Å². The molecule has 1 heterocycles. The van der Waals surface area contributed by atoms with Crippen LogP contribution in [0.1, 0.15) is 32.6 Å². The Morgan fingerprint density at radius 1 is 0.960 bits per heavy atom. The normalized spacial score (nSPS) is 10.9. The molecule has 0 atom stereocenters. The zero-order chi connectivity index (χ0) is 18.0. The Balaban J connectivity index is 1.71. The Morgan fingerprint density at radius 3 is 2.40 bits per heavy atom. The lowest BCUT2D eigenvalue weighted by molar-refractivity contribution is 0.102. The number of ketones is 1. The summed E-state index contributed by atoms with van der Waals surface area (Å²) in [5.41, 5.74) is 6.01. The van der Waals surface area contributed by atoms with E-state index >= 15 is 0 Å². The van der Waals surface area contributed by atoms with E-state index < -0.39 is 0 Å². The Labute approximate surface area is 151 Å². The van der Waals surface area contributed by atoms with E-state index in [-0.39, 0.29) is 11.5 Å². The first kappa shape index (κ1) is 17.4. The van der Waals surface area contributed by atoms with Crippen molar-refractivity contribution in [2.75, 3.05) is 5.75 Å². The van der Waals surface area contributed by atoms with E-state index in [2.05, 4.69) is 16.3 Å². The van der Waals surface area contributed by atoms with E-state index in [4.69, 9.17) is 4.42 Å². The van der Waals surface area contributed by atoms with Crippen molar-refractivity contribution in [3.63, 3.8) is 0 Å². The second-order valence-corrected chi connectivity index (χ2v) is 7.21. The summed E-state index contributed by atoms with van der Waals surface area (Å²) in [6.07, 6.45) is 0. The summed E-state index contributed by atoms with van der Waals surface area (Å²) >= 11 is 1.27. The highest BCUT2D eigenvalue weighted by Crippen LogP contribution is 2.25. The fourth-order valence-corrected chi connectivity index (χ4v) is 3.37. The maximum Gasteiger partial charge on any atom is 0.277 e. The van der Waals surface area contributed by atoms with Gasteiger partial charge < -0.3 is 4.42 Å². The molecule has 0 bridgehead atoms. The highest BCUT2D eigenvalue weighted by atomic mass is 32.2. The Bertz CT molecular complexity index is 911. The molecule has 1 aromatic heterocycles. The van der Waals surface area contributed by atoms with Gasteiger partial charge >= 0.3 is 0 Å².